The van der Waals surface area contributed by atoms with Crippen molar-refractivity contribution < 1.29 is 4.79 Å². The van der Waals surface area contributed by atoms with E-state index in [1.807, 2.05) is 11.8 Å². The molecule has 1 aliphatic heterocycles. The van der Waals surface area contributed by atoms with Crippen LogP contribution in [0.25, 0.3) is 0 Å². The molecule has 0 aromatic heterocycles. The summed E-state index contributed by atoms with van der Waals surface area (Å²) in [6.07, 6.45) is 6.98. The van der Waals surface area contributed by atoms with Crippen molar-refractivity contribution in [3.63, 3.8) is 0 Å². The Labute approximate surface area is 162 Å². The maximum absolute atomic E-state index is 11.6. The van der Waals surface area contributed by atoms with Crippen molar-refractivity contribution in [3.8, 4) is 0 Å². The summed E-state index contributed by atoms with van der Waals surface area (Å²) in [6.45, 7) is 8.22. The van der Waals surface area contributed by atoms with Crippen LogP contribution in [0.1, 0.15) is 70.9 Å². The largest absolute Gasteiger partial charge is 0.360 e. The number of nitrogens with zero attached hydrogens (tertiary/aromatic N) is 1. The van der Waals surface area contributed by atoms with Crippen LogP contribution in [0.15, 0.2) is 29.3 Å². The van der Waals surface area contributed by atoms with Gasteiger partial charge in [0, 0.05) is 17.7 Å². The fraction of sp³-hybridized carbons (Fsp3) is 0.636. The minimum atomic E-state index is -0.147. The Kier molecular flexibility index (Phi) is 5.81. The Morgan fingerprint density at radius 3 is 2.65 bits per heavy atom. The Hall–Kier alpha value is -1.29. The summed E-state index contributed by atoms with van der Waals surface area (Å²) in [5, 5.41) is 4.66. The molecule has 1 aromatic rings. The van der Waals surface area contributed by atoms with Crippen molar-refractivity contribution in [2.24, 2.45) is 10.9 Å². The quantitative estimate of drug-likeness (QED) is 0.801. The molecule has 1 unspecified atom stereocenters. The van der Waals surface area contributed by atoms with Crippen LogP contribution < -0.4 is 5.32 Å². The van der Waals surface area contributed by atoms with E-state index in [-0.39, 0.29) is 16.9 Å². The van der Waals surface area contributed by atoms with Gasteiger partial charge in [-0.2, -0.15) is 0 Å². The van der Waals surface area contributed by atoms with E-state index in [1.54, 1.807) is 6.92 Å². The fourth-order valence-corrected chi connectivity index (χ4v) is 5.65. The molecule has 0 saturated heterocycles. The summed E-state index contributed by atoms with van der Waals surface area (Å²) >= 11 is 1.86. The molecule has 4 heteroatoms. The Morgan fingerprint density at radius 1 is 1.27 bits per heavy atom. The number of carbonyl (C=O) groups excluding carboxylic acids is 1. The van der Waals surface area contributed by atoms with E-state index < -0.39 is 0 Å². The average Bonchev–Trinajstić information content (AvgIpc) is 2.98. The van der Waals surface area contributed by atoms with Gasteiger partial charge in [-0.1, -0.05) is 55.3 Å². The second kappa shape index (κ2) is 7.75. The number of ketones is 1. The predicted molar refractivity (Wildman–Crippen MR) is 112 cm³/mol. The number of nitrogens with one attached hydrogen (secondary N) is 1. The lowest BCUT2D eigenvalue weighted by Crippen LogP contribution is -2.39. The number of hydrogen-bond donors (Lipinski definition) is 1. The summed E-state index contributed by atoms with van der Waals surface area (Å²) in [5.74, 6) is 1.81. The topological polar surface area (TPSA) is 41.5 Å². The molecule has 3 rings (SSSR count). The fourth-order valence-electron chi connectivity index (χ4n) is 4.22. The van der Waals surface area contributed by atoms with Crippen LogP contribution in [-0.4, -0.2) is 22.2 Å². The van der Waals surface area contributed by atoms with Gasteiger partial charge < -0.3 is 5.32 Å². The van der Waals surface area contributed by atoms with E-state index in [9.17, 15) is 4.79 Å². The van der Waals surface area contributed by atoms with Crippen LogP contribution in [0.2, 0.25) is 0 Å². The summed E-state index contributed by atoms with van der Waals surface area (Å²) < 4.78 is 0. The number of hydrogen-bond acceptors (Lipinski definition) is 4. The lowest BCUT2D eigenvalue weighted by atomic mass is 9.72. The van der Waals surface area contributed by atoms with Gasteiger partial charge >= 0.3 is 0 Å². The second-order valence-corrected chi connectivity index (χ2v) is 9.88. The van der Waals surface area contributed by atoms with Gasteiger partial charge in [-0.15, -0.1) is 0 Å². The maximum Gasteiger partial charge on any atom is 0.157 e. The van der Waals surface area contributed by atoms with Crippen molar-refractivity contribution >= 4 is 22.7 Å². The first kappa shape index (κ1) is 19.5. The van der Waals surface area contributed by atoms with Crippen LogP contribution >= 0.6 is 11.8 Å². The van der Waals surface area contributed by atoms with Crippen molar-refractivity contribution in [1.82, 2.24) is 5.32 Å². The average molecular weight is 373 g/mol. The number of carbonyl (C=O) groups is 1. The molecule has 142 valence electrons. The number of aliphatic imine (C=N–C) groups is 1. The Bertz CT molecular complexity index is 686. The third kappa shape index (κ3) is 4.51. The monoisotopic (exact) mass is 372 g/mol. The van der Waals surface area contributed by atoms with Gasteiger partial charge in [0.15, 0.2) is 5.17 Å². The van der Waals surface area contributed by atoms with Crippen LogP contribution in [0.3, 0.4) is 0 Å². The lowest BCUT2D eigenvalue weighted by Gasteiger charge is -2.37. The van der Waals surface area contributed by atoms with Gasteiger partial charge in [0.2, 0.25) is 0 Å². The highest BCUT2D eigenvalue weighted by Gasteiger charge is 2.45. The molecule has 3 nitrogen and oxygen atoms in total. The van der Waals surface area contributed by atoms with Gasteiger partial charge in [-0.3, -0.25) is 4.79 Å². The number of Topliss-reactive ketones (excluding diaryl/α,β-unsaturated/α-hetero) is 1. The van der Waals surface area contributed by atoms with Crippen molar-refractivity contribution in [3.05, 3.63) is 35.4 Å². The standard InChI is InChI=1S/C22H32N2OS/c1-16(25)13-17-9-8-12-19(14-17)22(18-10-6-5-7-11-18)15-26-20(24-22)23-21(2,3)4/h8-9,12,14,18H,5-7,10-11,13,15H2,1-4H3,(H,23,24). The van der Waals surface area contributed by atoms with Gasteiger partial charge in [-0.25, -0.2) is 4.99 Å². The molecular formula is C22H32N2OS. The molecule has 1 N–H and O–H groups in total. The molecule has 1 heterocycles. The first-order valence-electron chi connectivity index (χ1n) is 9.88. The number of amidine groups is 1. The molecule has 0 bridgehead atoms. The van der Waals surface area contributed by atoms with Crippen molar-refractivity contribution in [2.75, 3.05) is 5.75 Å². The molecule has 0 spiro atoms. The summed E-state index contributed by atoms with van der Waals surface area (Å²) in [5.41, 5.74) is 2.28. The highest BCUT2D eigenvalue weighted by Crippen LogP contribution is 2.48. The highest BCUT2D eigenvalue weighted by molar-refractivity contribution is 8.14. The van der Waals surface area contributed by atoms with Gasteiger partial charge in [-0.05, 0) is 57.6 Å². The molecule has 2 aliphatic rings. The van der Waals surface area contributed by atoms with Crippen LogP contribution in [0.5, 0.6) is 0 Å². The molecule has 1 atom stereocenters. The lowest BCUT2D eigenvalue weighted by molar-refractivity contribution is -0.116. The highest BCUT2D eigenvalue weighted by atomic mass is 32.2. The minimum absolute atomic E-state index is 0.0188. The SMILES string of the molecule is CC(=O)Cc1cccc(C2(C3CCCCC3)CSC(NC(C)(C)C)=N2)c1. The zero-order valence-corrected chi connectivity index (χ0v) is 17.4. The summed E-state index contributed by atoms with van der Waals surface area (Å²) in [4.78, 5) is 16.9. The predicted octanol–water partition coefficient (Wildman–Crippen LogP) is 5.08. The first-order valence-corrected chi connectivity index (χ1v) is 10.9. The minimum Gasteiger partial charge on any atom is -0.360 e. The van der Waals surface area contributed by atoms with Crippen LogP contribution in [0, 0.1) is 5.92 Å². The molecular weight excluding hydrogens is 340 g/mol. The Morgan fingerprint density at radius 2 is 2.00 bits per heavy atom. The van der Waals surface area contributed by atoms with Gasteiger partial charge in [0.05, 0.1) is 0 Å². The Balaban J connectivity index is 1.98. The van der Waals surface area contributed by atoms with Crippen LogP contribution in [0.4, 0.5) is 0 Å². The van der Waals surface area contributed by atoms with E-state index in [0.717, 1.165) is 16.5 Å². The number of benzene rings is 1. The molecule has 1 saturated carbocycles. The molecule has 0 amide bonds. The second-order valence-electron chi connectivity index (χ2n) is 8.92. The smallest absolute Gasteiger partial charge is 0.157 e. The van der Waals surface area contributed by atoms with E-state index in [1.165, 1.54) is 37.7 Å². The normalized spacial score (nSPS) is 24.4. The maximum atomic E-state index is 11.6. The molecule has 0 radical (unpaired) electrons. The third-order valence-corrected chi connectivity index (χ3v) is 6.42. The number of rotatable bonds is 4. The number of thioether (sulfide) groups is 1. The summed E-state index contributed by atoms with van der Waals surface area (Å²) in [6, 6.07) is 8.63. The molecule has 1 aliphatic carbocycles. The first-order chi connectivity index (χ1) is 12.3. The van der Waals surface area contributed by atoms with Gasteiger partial charge in [0.1, 0.15) is 11.3 Å². The van der Waals surface area contributed by atoms with E-state index in [0.29, 0.717) is 12.3 Å². The summed E-state index contributed by atoms with van der Waals surface area (Å²) in [7, 11) is 0. The molecule has 1 aromatic carbocycles. The molecule has 26 heavy (non-hydrogen) atoms. The zero-order chi connectivity index (χ0) is 18.8. The van der Waals surface area contributed by atoms with Crippen LogP contribution in [-0.2, 0) is 16.8 Å². The van der Waals surface area contributed by atoms with E-state index in [4.69, 9.17) is 4.99 Å². The van der Waals surface area contributed by atoms with E-state index >= 15 is 0 Å². The van der Waals surface area contributed by atoms with Crippen molar-refractivity contribution in [1.29, 1.82) is 0 Å². The van der Waals surface area contributed by atoms with Crippen molar-refractivity contribution in [2.45, 2.75) is 77.3 Å². The zero-order valence-electron chi connectivity index (χ0n) is 16.6. The molecule has 1 fully saturated rings. The third-order valence-electron chi connectivity index (χ3n) is 5.37. The van der Waals surface area contributed by atoms with Gasteiger partial charge in [0.25, 0.3) is 0 Å². The van der Waals surface area contributed by atoms with E-state index in [2.05, 4.69) is 50.4 Å².